The summed E-state index contributed by atoms with van der Waals surface area (Å²) in [6, 6.07) is 3.22. The van der Waals surface area contributed by atoms with E-state index in [0.29, 0.717) is 61.0 Å². The number of aromatic nitrogens is 2. The van der Waals surface area contributed by atoms with Crippen molar-refractivity contribution in [1.29, 1.82) is 0 Å². The van der Waals surface area contributed by atoms with Crippen molar-refractivity contribution in [2.45, 2.75) is 145 Å². The number of hydrogen-bond donors (Lipinski definition) is 3. The molecule has 7 rings (SSSR count). The zero-order valence-corrected chi connectivity index (χ0v) is 33.5. The zero-order chi connectivity index (χ0) is 39.9. The molecule has 304 valence electrons. The standard InChI is InChI=1S/C40H54N6O9S/c1-5-39(17-11-12-18-39)55-37(50)43-30-14-10-8-6-7-9-13-26-23-40(26,36(49)45-56(51,52)38(3)19-20-38)44-33(47)32-22-28(24-46(32)35(30)48)54-34-25(2)41-29-16-15-27(53-4)21-31(29)42-34/h9,13,15-16,21,26,28,30,32H,5-8,10-12,14,17-20,22-24H2,1-4H3,(H,43,50)(H,44,47)(H,45,49)/b13-9+/t26-,28-,30+,32+,40-/m1/s1. The third kappa shape index (κ3) is 8.03. The molecule has 3 aliphatic carbocycles. The average Bonchev–Trinajstić information content (AvgIpc) is 3.96. The lowest BCUT2D eigenvalue weighted by Gasteiger charge is -2.31. The number of allylic oxidation sites excluding steroid dienone is 1. The van der Waals surface area contributed by atoms with Crippen molar-refractivity contribution in [3.63, 3.8) is 0 Å². The third-order valence-electron chi connectivity index (χ3n) is 12.5. The van der Waals surface area contributed by atoms with Crippen LogP contribution in [-0.4, -0.2) is 94.8 Å². The predicted molar refractivity (Wildman–Crippen MR) is 206 cm³/mol. The molecule has 2 aliphatic heterocycles. The Morgan fingerprint density at radius 2 is 1.80 bits per heavy atom. The molecule has 0 unspecified atom stereocenters. The minimum atomic E-state index is -3.99. The number of ether oxygens (including phenoxy) is 3. The highest BCUT2D eigenvalue weighted by Crippen LogP contribution is 2.47. The van der Waals surface area contributed by atoms with Crippen LogP contribution in [0.25, 0.3) is 11.0 Å². The van der Waals surface area contributed by atoms with E-state index in [1.165, 1.54) is 4.90 Å². The minimum Gasteiger partial charge on any atom is -0.497 e. The second-order valence-electron chi connectivity index (χ2n) is 16.5. The lowest BCUT2D eigenvalue weighted by Crippen LogP contribution is -2.58. The number of aryl methyl sites for hydroxylation is 1. The summed E-state index contributed by atoms with van der Waals surface area (Å²) in [5.74, 6) is -1.50. The first-order chi connectivity index (χ1) is 26.7. The molecule has 16 heteroatoms. The van der Waals surface area contributed by atoms with E-state index >= 15 is 0 Å². The van der Waals surface area contributed by atoms with Crippen molar-refractivity contribution in [1.82, 2.24) is 30.2 Å². The number of nitrogens with zero attached hydrogens (tertiary/aromatic N) is 3. The fourth-order valence-corrected chi connectivity index (χ4v) is 9.68. The smallest absolute Gasteiger partial charge is 0.408 e. The fraction of sp³-hybridized carbons (Fsp3) is 0.650. The van der Waals surface area contributed by atoms with Gasteiger partial charge in [-0.25, -0.2) is 23.2 Å². The van der Waals surface area contributed by atoms with Gasteiger partial charge in [0.05, 0.1) is 29.4 Å². The minimum absolute atomic E-state index is 0.0183. The maximum Gasteiger partial charge on any atom is 0.408 e. The van der Waals surface area contributed by atoms with Gasteiger partial charge in [-0.05, 0) is 96.6 Å². The highest BCUT2D eigenvalue weighted by molar-refractivity contribution is 7.91. The molecular weight excluding hydrogens is 741 g/mol. The summed E-state index contributed by atoms with van der Waals surface area (Å²) >= 11 is 0. The van der Waals surface area contributed by atoms with Crippen molar-refractivity contribution in [2.24, 2.45) is 5.92 Å². The zero-order valence-electron chi connectivity index (χ0n) is 32.7. The quantitative estimate of drug-likeness (QED) is 0.303. The van der Waals surface area contributed by atoms with Gasteiger partial charge in [-0.1, -0.05) is 31.9 Å². The lowest BCUT2D eigenvalue weighted by molar-refractivity contribution is -0.141. The van der Waals surface area contributed by atoms with Crippen molar-refractivity contribution < 1.29 is 41.8 Å². The molecule has 15 nitrogen and oxygen atoms in total. The Hall–Kier alpha value is -4.47. The van der Waals surface area contributed by atoms with E-state index < -0.39 is 73.8 Å². The Labute approximate surface area is 328 Å². The molecule has 3 heterocycles. The third-order valence-corrected chi connectivity index (χ3v) is 14.7. The van der Waals surface area contributed by atoms with Crippen molar-refractivity contribution >= 4 is 44.9 Å². The summed E-state index contributed by atoms with van der Waals surface area (Å²) in [7, 11) is -2.43. The maximum atomic E-state index is 14.7. The molecule has 5 atom stereocenters. The van der Waals surface area contributed by atoms with Crippen LogP contribution in [0.4, 0.5) is 4.79 Å². The Morgan fingerprint density at radius 1 is 1.04 bits per heavy atom. The molecule has 3 N–H and O–H groups in total. The number of rotatable bonds is 9. The molecule has 1 aromatic heterocycles. The summed E-state index contributed by atoms with van der Waals surface area (Å²) in [5.41, 5.74) is -0.400. The molecule has 5 aliphatic rings. The van der Waals surface area contributed by atoms with E-state index in [2.05, 4.69) is 20.3 Å². The van der Waals surface area contributed by atoms with Crippen LogP contribution < -0.4 is 24.8 Å². The molecule has 0 spiro atoms. The number of methoxy groups -OCH3 is 1. The topological polar surface area (TPSA) is 195 Å². The summed E-state index contributed by atoms with van der Waals surface area (Å²) in [6.45, 7) is 5.33. The molecule has 56 heavy (non-hydrogen) atoms. The monoisotopic (exact) mass is 794 g/mol. The SMILES string of the molecule is CCC1(OC(=O)N[C@H]2CCCCC/C=C/[C@@H]3C[C@@]3(C(=O)NS(=O)(=O)C3(C)CC3)NC(=O)[C@@H]3C[C@@H](Oc4nc5cc(OC)ccc5nc4C)CN3C2=O)CCCC1. The van der Waals surface area contributed by atoms with Crippen molar-refractivity contribution in [3.8, 4) is 11.6 Å². The number of carbonyl (C=O) groups is 4. The highest BCUT2D eigenvalue weighted by Gasteiger charge is 2.63. The summed E-state index contributed by atoms with van der Waals surface area (Å²) in [4.78, 5) is 67.2. The molecule has 0 radical (unpaired) electrons. The Bertz CT molecular complexity index is 2010. The number of sulfonamides is 1. The van der Waals surface area contributed by atoms with E-state index in [-0.39, 0.29) is 25.3 Å². The largest absolute Gasteiger partial charge is 0.497 e. The summed E-state index contributed by atoms with van der Waals surface area (Å²) in [6.07, 6.45) is 10.9. The van der Waals surface area contributed by atoms with Crippen LogP contribution in [0.2, 0.25) is 0 Å². The first-order valence-electron chi connectivity index (χ1n) is 20.0. The molecule has 1 saturated heterocycles. The molecule has 0 bridgehead atoms. The van der Waals surface area contributed by atoms with Gasteiger partial charge >= 0.3 is 6.09 Å². The lowest BCUT2D eigenvalue weighted by atomic mass is 9.99. The first kappa shape index (κ1) is 39.8. The van der Waals surface area contributed by atoms with Gasteiger partial charge in [0, 0.05) is 18.4 Å². The van der Waals surface area contributed by atoms with Crippen LogP contribution in [0.5, 0.6) is 11.6 Å². The molecule has 2 aromatic rings. The Morgan fingerprint density at radius 3 is 2.52 bits per heavy atom. The summed E-state index contributed by atoms with van der Waals surface area (Å²) < 4.78 is 45.4. The van der Waals surface area contributed by atoms with Crippen LogP contribution in [0.3, 0.4) is 0 Å². The number of alkyl carbamates (subject to hydrolysis) is 1. The molecule has 4 amide bonds. The van der Waals surface area contributed by atoms with Crippen LogP contribution in [-0.2, 0) is 29.1 Å². The van der Waals surface area contributed by atoms with Crippen molar-refractivity contribution in [2.75, 3.05) is 13.7 Å². The van der Waals surface area contributed by atoms with Crippen LogP contribution in [0, 0.1) is 12.8 Å². The van der Waals surface area contributed by atoms with E-state index in [9.17, 15) is 27.6 Å². The van der Waals surface area contributed by atoms with Gasteiger partial charge in [0.1, 0.15) is 40.8 Å². The fourth-order valence-electron chi connectivity index (χ4n) is 8.36. The van der Waals surface area contributed by atoms with Gasteiger partial charge in [-0.15, -0.1) is 0 Å². The van der Waals surface area contributed by atoms with Crippen LogP contribution in [0.15, 0.2) is 30.4 Å². The average molecular weight is 795 g/mol. The summed E-state index contributed by atoms with van der Waals surface area (Å²) in [5, 5.41) is 5.77. The van der Waals surface area contributed by atoms with Crippen LogP contribution in [0.1, 0.15) is 109 Å². The number of carbonyl (C=O) groups excluding carboxylic acids is 4. The number of hydrogen-bond acceptors (Lipinski definition) is 11. The molecular formula is C40H54N6O9S. The Kier molecular flexibility index (Phi) is 11.0. The van der Waals surface area contributed by atoms with E-state index in [1.807, 2.05) is 19.1 Å². The van der Waals surface area contributed by atoms with E-state index in [0.717, 1.165) is 38.5 Å². The van der Waals surface area contributed by atoms with Gasteiger partial charge in [0.25, 0.3) is 5.91 Å². The van der Waals surface area contributed by atoms with Gasteiger partial charge in [-0.2, -0.15) is 0 Å². The number of amides is 4. The normalized spacial score (nSPS) is 29.1. The first-order valence-corrected chi connectivity index (χ1v) is 21.5. The second-order valence-corrected chi connectivity index (χ2v) is 18.7. The maximum absolute atomic E-state index is 14.7. The predicted octanol–water partition coefficient (Wildman–Crippen LogP) is 4.51. The number of fused-ring (bicyclic) bond motifs is 3. The second kappa shape index (κ2) is 15.5. The van der Waals surface area contributed by atoms with Gasteiger partial charge in [0.2, 0.25) is 27.7 Å². The van der Waals surface area contributed by atoms with Gasteiger partial charge < -0.3 is 29.7 Å². The van der Waals surface area contributed by atoms with Gasteiger partial charge in [-0.3, -0.25) is 19.1 Å². The van der Waals surface area contributed by atoms with E-state index in [1.54, 1.807) is 39.2 Å². The molecule has 4 fully saturated rings. The highest BCUT2D eigenvalue weighted by atomic mass is 32.2. The molecule has 1 aromatic carbocycles. The van der Waals surface area contributed by atoms with Crippen LogP contribution >= 0.6 is 0 Å². The van der Waals surface area contributed by atoms with Gasteiger partial charge in [0.15, 0.2) is 0 Å². The Balaban J connectivity index is 1.18. The number of nitrogens with one attached hydrogen (secondary N) is 3. The number of benzene rings is 1. The van der Waals surface area contributed by atoms with E-state index in [4.69, 9.17) is 19.2 Å². The molecule has 3 saturated carbocycles. The van der Waals surface area contributed by atoms with Crippen molar-refractivity contribution in [3.05, 3.63) is 36.0 Å².